The van der Waals surface area contributed by atoms with Gasteiger partial charge >= 0.3 is 0 Å². The average molecular weight is 911 g/mol. The molecule has 67 heavy (non-hydrogen) atoms. The SMILES string of the molecule is COc1ccc(CO[C@@H]2C[C@H](OCc3ccccc3)[C@@H](COCc3ccccc3)O[C@@]2(C)CC2=CC(=O)[C@@]3(C)O[C@@H]([C@@H](C)CCOCc4ccccc4)[C@H](OCc4ccccc4)C[C@@H]3O2)cc1. The van der Waals surface area contributed by atoms with E-state index in [9.17, 15) is 4.79 Å². The number of hydrogen-bond donors (Lipinski definition) is 0. The molecule has 10 nitrogen and oxygen atoms in total. The molecule has 2 saturated heterocycles. The van der Waals surface area contributed by atoms with Crippen LogP contribution in [0, 0.1) is 5.92 Å². The maximum absolute atomic E-state index is 14.6. The molecule has 8 rings (SSSR count). The van der Waals surface area contributed by atoms with E-state index in [0.717, 1.165) is 40.0 Å². The lowest BCUT2D eigenvalue weighted by Gasteiger charge is -2.51. The van der Waals surface area contributed by atoms with Gasteiger partial charge in [-0.15, -0.1) is 0 Å². The van der Waals surface area contributed by atoms with Crippen molar-refractivity contribution in [2.75, 3.05) is 20.3 Å². The van der Waals surface area contributed by atoms with Crippen molar-refractivity contribution in [2.45, 2.75) is 127 Å². The average Bonchev–Trinajstić information content (AvgIpc) is 3.35. The zero-order valence-corrected chi connectivity index (χ0v) is 39.3. The minimum atomic E-state index is -1.22. The first-order valence-electron chi connectivity index (χ1n) is 23.7. The lowest BCUT2D eigenvalue weighted by molar-refractivity contribution is -0.262. The molecule has 3 aliphatic rings. The van der Waals surface area contributed by atoms with Gasteiger partial charge in [0, 0.05) is 31.9 Å². The van der Waals surface area contributed by atoms with Gasteiger partial charge in [0.15, 0.2) is 11.4 Å². The highest BCUT2D eigenvalue weighted by Gasteiger charge is 2.56. The summed E-state index contributed by atoms with van der Waals surface area (Å²) in [5, 5.41) is 0. The molecule has 0 spiro atoms. The van der Waals surface area contributed by atoms with Gasteiger partial charge in [-0.3, -0.25) is 4.79 Å². The van der Waals surface area contributed by atoms with E-state index in [0.29, 0.717) is 64.8 Å². The Morgan fingerprint density at radius 3 is 1.72 bits per heavy atom. The molecule has 0 saturated carbocycles. The largest absolute Gasteiger partial charge is 0.497 e. The minimum absolute atomic E-state index is 0.0313. The molecule has 0 amide bonds. The van der Waals surface area contributed by atoms with E-state index in [-0.39, 0.29) is 36.4 Å². The Hall–Kier alpha value is -5.17. The zero-order valence-electron chi connectivity index (χ0n) is 39.3. The van der Waals surface area contributed by atoms with Crippen molar-refractivity contribution >= 4 is 5.78 Å². The number of hydrogen-bond acceptors (Lipinski definition) is 10. The summed E-state index contributed by atoms with van der Waals surface area (Å²) in [4.78, 5) is 14.6. The summed E-state index contributed by atoms with van der Waals surface area (Å²) in [6.45, 7) is 9.01. The summed E-state index contributed by atoms with van der Waals surface area (Å²) in [6, 6.07) is 48.4. The number of benzene rings is 5. The van der Waals surface area contributed by atoms with Crippen LogP contribution in [0.1, 0.15) is 74.3 Å². The maximum atomic E-state index is 14.6. The Morgan fingerprint density at radius 1 is 0.612 bits per heavy atom. The first-order valence-corrected chi connectivity index (χ1v) is 23.7. The molecule has 2 fully saturated rings. The lowest BCUT2D eigenvalue weighted by atomic mass is 9.79. The van der Waals surface area contributed by atoms with Gasteiger partial charge in [0.25, 0.3) is 0 Å². The van der Waals surface area contributed by atoms with Crippen molar-refractivity contribution in [1.29, 1.82) is 0 Å². The van der Waals surface area contributed by atoms with Gasteiger partial charge in [0.1, 0.15) is 23.7 Å². The summed E-state index contributed by atoms with van der Waals surface area (Å²) in [5.74, 6) is 1.18. The van der Waals surface area contributed by atoms with Gasteiger partial charge in [0.05, 0.1) is 76.8 Å². The fourth-order valence-corrected chi connectivity index (χ4v) is 9.34. The fraction of sp³-hybridized carbons (Fsp3) is 0.421. The number of methoxy groups -OCH3 is 1. The summed E-state index contributed by atoms with van der Waals surface area (Å²) in [7, 11) is 1.65. The van der Waals surface area contributed by atoms with Crippen LogP contribution in [0.2, 0.25) is 0 Å². The first kappa shape index (κ1) is 48.3. The van der Waals surface area contributed by atoms with Crippen LogP contribution in [0.25, 0.3) is 0 Å². The summed E-state index contributed by atoms with van der Waals surface area (Å²) >= 11 is 0. The molecule has 0 bridgehead atoms. The highest BCUT2D eigenvalue weighted by atomic mass is 16.6. The molecule has 0 unspecified atom stereocenters. The summed E-state index contributed by atoms with van der Waals surface area (Å²) < 4.78 is 59.2. The van der Waals surface area contributed by atoms with Crippen LogP contribution in [-0.4, -0.2) is 73.9 Å². The monoisotopic (exact) mass is 910 g/mol. The molecule has 0 N–H and O–H groups in total. The number of carbonyl (C=O) groups is 1. The van der Waals surface area contributed by atoms with Crippen molar-refractivity contribution in [2.24, 2.45) is 5.92 Å². The molecule has 10 heteroatoms. The summed E-state index contributed by atoms with van der Waals surface area (Å²) in [6.07, 6.45) is 1.04. The predicted octanol–water partition coefficient (Wildman–Crippen LogP) is 10.5. The molecule has 0 aliphatic carbocycles. The lowest BCUT2D eigenvalue weighted by Crippen LogP contribution is -2.63. The molecule has 3 heterocycles. The molecule has 5 aromatic carbocycles. The van der Waals surface area contributed by atoms with Crippen LogP contribution in [0.5, 0.6) is 5.75 Å². The second-order valence-corrected chi connectivity index (χ2v) is 18.5. The molecule has 9 atom stereocenters. The number of fused-ring (bicyclic) bond motifs is 1. The van der Waals surface area contributed by atoms with Crippen molar-refractivity contribution in [3.8, 4) is 5.75 Å². The zero-order chi connectivity index (χ0) is 46.5. The smallest absolute Gasteiger partial charge is 0.194 e. The van der Waals surface area contributed by atoms with E-state index in [2.05, 4.69) is 43.3 Å². The standard InChI is InChI=1S/C57H66O10/c1-41(29-30-60-35-42-17-9-5-10-18-42)55-50(63-38-45-23-15-8-16-24-45)33-54-57(3,67-55)52(58)31-48(65-54)34-56(2)53(64-39-46-25-27-47(59-4)28-26-46)32-49(62-37-44-21-13-7-14-22-44)51(66-56)40-61-36-43-19-11-6-12-20-43/h5-28,31,41,49-51,53-55H,29-30,32-40H2,1-4H3/t41-,49-,50+,51+,53+,54-,55-,56-,57+/m0/s1. The van der Waals surface area contributed by atoms with Crippen molar-refractivity contribution in [3.05, 3.63) is 185 Å². The van der Waals surface area contributed by atoms with Gasteiger partial charge in [-0.05, 0) is 66.1 Å². The topological polar surface area (TPSA) is 100 Å². The van der Waals surface area contributed by atoms with E-state index in [1.807, 2.05) is 123 Å². The highest BCUT2D eigenvalue weighted by molar-refractivity contribution is 5.98. The van der Waals surface area contributed by atoms with Crippen LogP contribution in [0.3, 0.4) is 0 Å². The van der Waals surface area contributed by atoms with Crippen LogP contribution in [0.4, 0.5) is 0 Å². The first-order chi connectivity index (χ1) is 32.7. The van der Waals surface area contributed by atoms with Gasteiger partial charge in [-0.25, -0.2) is 0 Å². The van der Waals surface area contributed by atoms with E-state index in [1.54, 1.807) is 13.2 Å². The van der Waals surface area contributed by atoms with Crippen molar-refractivity contribution in [1.82, 2.24) is 0 Å². The normalized spacial score (nSPS) is 26.5. The molecular weight excluding hydrogens is 845 g/mol. The van der Waals surface area contributed by atoms with E-state index < -0.39 is 29.5 Å². The van der Waals surface area contributed by atoms with Gasteiger partial charge in [-0.1, -0.05) is 140 Å². The van der Waals surface area contributed by atoms with Crippen LogP contribution in [-0.2, 0) is 75.7 Å². The molecule has 5 aromatic rings. The predicted molar refractivity (Wildman–Crippen MR) is 256 cm³/mol. The highest BCUT2D eigenvalue weighted by Crippen LogP contribution is 2.45. The Morgan fingerprint density at radius 2 is 1.13 bits per heavy atom. The molecule has 0 aromatic heterocycles. The van der Waals surface area contributed by atoms with E-state index >= 15 is 0 Å². The Bertz CT molecular complexity index is 2290. The van der Waals surface area contributed by atoms with Crippen LogP contribution < -0.4 is 4.74 Å². The number of carbonyl (C=O) groups excluding carboxylic acids is 1. The molecule has 3 aliphatic heterocycles. The third-order valence-electron chi connectivity index (χ3n) is 13.4. The van der Waals surface area contributed by atoms with E-state index in [1.165, 1.54) is 0 Å². The number of ether oxygens (including phenoxy) is 9. The van der Waals surface area contributed by atoms with Crippen LogP contribution in [0.15, 0.2) is 157 Å². The quantitative estimate of drug-likeness (QED) is 0.0624. The Balaban J connectivity index is 1.02. The number of ketones is 1. The van der Waals surface area contributed by atoms with E-state index in [4.69, 9.17) is 42.6 Å². The Labute approximate surface area is 396 Å². The second-order valence-electron chi connectivity index (χ2n) is 18.5. The van der Waals surface area contributed by atoms with Gasteiger partial charge < -0.3 is 42.6 Å². The van der Waals surface area contributed by atoms with Crippen LogP contribution >= 0.6 is 0 Å². The minimum Gasteiger partial charge on any atom is -0.497 e. The summed E-state index contributed by atoms with van der Waals surface area (Å²) in [5.41, 5.74) is 3.14. The van der Waals surface area contributed by atoms with Gasteiger partial charge in [0.2, 0.25) is 0 Å². The Kier molecular flexibility index (Phi) is 16.7. The molecule has 0 radical (unpaired) electrons. The second kappa shape index (κ2) is 23.2. The number of rotatable bonds is 22. The van der Waals surface area contributed by atoms with Crippen molar-refractivity contribution in [3.63, 3.8) is 0 Å². The van der Waals surface area contributed by atoms with Crippen molar-refractivity contribution < 1.29 is 47.4 Å². The van der Waals surface area contributed by atoms with Gasteiger partial charge in [-0.2, -0.15) is 0 Å². The molecular formula is C57H66O10. The third-order valence-corrected chi connectivity index (χ3v) is 13.4. The fourth-order valence-electron chi connectivity index (χ4n) is 9.34. The maximum Gasteiger partial charge on any atom is 0.194 e. The third kappa shape index (κ3) is 12.9. The molecule has 354 valence electrons.